The largest absolute Gasteiger partial charge is 0.447 e. The maximum atomic E-state index is 13.9. The quantitative estimate of drug-likeness (QED) is 0.511. The van der Waals surface area contributed by atoms with Crippen LogP contribution in [0.15, 0.2) is 61.2 Å². The molecule has 3 aliphatic heterocycles. The van der Waals surface area contributed by atoms with E-state index in [9.17, 15) is 19.5 Å². The molecule has 0 bridgehead atoms. The molecule has 3 atom stereocenters. The lowest BCUT2D eigenvalue weighted by molar-refractivity contribution is -0.149. The minimum Gasteiger partial charge on any atom is -0.447 e. The molecule has 1 spiro atoms. The minimum atomic E-state index is -1.26. The lowest BCUT2D eigenvalue weighted by Crippen LogP contribution is -2.44. The van der Waals surface area contributed by atoms with Crippen LogP contribution in [0, 0.1) is 5.92 Å². The second kappa shape index (κ2) is 10.6. The third kappa shape index (κ3) is 4.46. The van der Waals surface area contributed by atoms with Crippen molar-refractivity contribution in [3.8, 4) is 0 Å². The van der Waals surface area contributed by atoms with Gasteiger partial charge in [0.05, 0.1) is 31.4 Å². The summed E-state index contributed by atoms with van der Waals surface area (Å²) in [5.41, 5.74) is 1.77. The van der Waals surface area contributed by atoms with Crippen molar-refractivity contribution in [1.29, 1.82) is 0 Å². The average molecular weight is 520 g/mol. The number of amides is 3. The van der Waals surface area contributed by atoms with Crippen LogP contribution in [0.1, 0.15) is 30.9 Å². The molecule has 0 aromatic heterocycles. The first-order valence-corrected chi connectivity index (χ1v) is 13.0. The summed E-state index contributed by atoms with van der Waals surface area (Å²) in [7, 11) is 0. The predicted octanol–water partition coefficient (Wildman–Crippen LogP) is 3.21. The topological polar surface area (TPSA) is 99.6 Å². The highest BCUT2D eigenvalue weighted by atomic mass is 16.6. The lowest BCUT2D eigenvalue weighted by Gasteiger charge is -2.29. The van der Waals surface area contributed by atoms with Crippen molar-refractivity contribution in [3.05, 3.63) is 72.3 Å². The molecule has 2 fully saturated rings. The first-order valence-electron chi connectivity index (χ1n) is 13.0. The third-order valence-corrected chi connectivity index (χ3v) is 7.62. The van der Waals surface area contributed by atoms with Crippen LogP contribution in [0.3, 0.4) is 0 Å². The van der Waals surface area contributed by atoms with E-state index < -0.39 is 17.8 Å². The Kier molecular flexibility index (Phi) is 7.23. The van der Waals surface area contributed by atoms with Gasteiger partial charge in [-0.2, -0.15) is 0 Å². The number of ether oxygens (including phenoxy) is 2. The summed E-state index contributed by atoms with van der Waals surface area (Å²) in [5.74, 6) is -0.533. The number of cyclic esters (lactones) is 1. The van der Waals surface area contributed by atoms with E-state index in [-0.39, 0.29) is 37.3 Å². The van der Waals surface area contributed by atoms with Crippen molar-refractivity contribution in [3.63, 3.8) is 0 Å². The van der Waals surface area contributed by atoms with Crippen molar-refractivity contribution in [2.75, 3.05) is 42.6 Å². The normalized spacial score (nSPS) is 24.2. The van der Waals surface area contributed by atoms with Crippen molar-refractivity contribution in [2.45, 2.75) is 38.0 Å². The number of anilines is 2. The number of aliphatic hydroxyl groups excluding tert-OH is 1. The zero-order chi connectivity index (χ0) is 26.9. The molecule has 0 saturated carbocycles. The minimum absolute atomic E-state index is 0.0984. The van der Waals surface area contributed by atoms with Gasteiger partial charge in [0.25, 0.3) is 5.91 Å². The van der Waals surface area contributed by atoms with Gasteiger partial charge in [0, 0.05) is 36.8 Å². The van der Waals surface area contributed by atoms with Crippen LogP contribution in [0.5, 0.6) is 0 Å². The summed E-state index contributed by atoms with van der Waals surface area (Å²) in [4.78, 5) is 44.3. The van der Waals surface area contributed by atoms with Gasteiger partial charge < -0.3 is 24.4 Å². The summed E-state index contributed by atoms with van der Waals surface area (Å²) < 4.78 is 11.7. The molecule has 200 valence electrons. The van der Waals surface area contributed by atoms with E-state index in [0.29, 0.717) is 43.9 Å². The number of fused-ring (bicyclic) bond motifs is 2. The number of hydrogen-bond acceptors (Lipinski definition) is 6. The SMILES string of the molecule is C=CCN1C(=O)[C@@]2(O[C@@H](CC(=O)N(CCO)Cc3ccccc3)C[C@H]2C)c2cc(N3CCOC3=O)ccc21. The molecule has 1 N–H and O–H groups in total. The Bertz CT molecular complexity index is 1230. The van der Waals surface area contributed by atoms with E-state index in [2.05, 4.69) is 6.58 Å². The fraction of sp³-hybridized carbons (Fsp3) is 0.414. The molecule has 3 amide bonds. The summed E-state index contributed by atoms with van der Waals surface area (Å²) in [6, 6.07) is 15.1. The summed E-state index contributed by atoms with van der Waals surface area (Å²) in [6.07, 6.45) is 1.39. The molecule has 3 heterocycles. The highest BCUT2D eigenvalue weighted by molar-refractivity contribution is 6.08. The molecule has 9 nitrogen and oxygen atoms in total. The molecule has 0 unspecified atom stereocenters. The van der Waals surface area contributed by atoms with E-state index >= 15 is 0 Å². The second-order valence-corrected chi connectivity index (χ2v) is 10.0. The van der Waals surface area contributed by atoms with Gasteiger partial charge in [-0.15, -0.1) is 6.58 Å². The van der Waals surface area contributed by atoms with Crippen molar-refractivity contribution >= 4 is 29.3 Å². The van der Waals surface area contributed by atoms with Gasteiger partial charge in [0.1, 0.15) is 6.61 Å². The zero-order valence-corrected chi connectivity index (χ0v) is 21.5. The number of benzene rings is 2. The molecule has 5 rings (SSSR count). The van der Waals surface area contributed by atoms with Crippen LogP contribution in [-0.2, 0) is 31.2 Å². The number of rotatable bonds is 9. The number of nitrogens with zero attached hydrogens (tertiary/aromatic N) is 3. The summed E-state index contributed by atoms with van der Waals surface area (Å²) >= 11 is 0. The number of carbonyl (C=O) groups is 3. The Morgan fingerprint density at radius 3 is 2.71 bits per heavy atom. The van der Waals surface area contributed by atoms with E-state index in [0.717, 1.165) is 11.3 Å². The molecule has 2 aromatic carbocycles. The third-order valence-electron chi connectivity index (χ3n) is 7.62. The highest BCUT2D eigenvalue weighted by Gasteiger charge is 2.60. The molecule has 2 saturated heterocycles. The Balaban J connectivity index is 1.41. The van der Waals surface area contributed by atoms with Crippen LogP contribution >= 0.6 is 0 Å². The van der Waals surface area contributed by atoms with Gasteiger partial charge >= 0.3 is 6.09 Å². The van der Waals surface area contributed by atoms with E-state index in [1.807, 2.05) is 55.5 Å². The molecule has 3 aliphatic rings. The monoisotopic (exact) mass is 519 g/mol. The average Bonchev–Trinajstić information content (AvgIpc) is 3.55. The zero-order valence-electron chi connectivity index (χ0n) is 21.5. The van der Waals surface area contributed by atoms with E-state index in [1.54, 1.807) is 20.8 Å². The Hall–Kier alpha value is -3.69. The van der Waals surface area contributed by atoms with Crippen molar-refractivity contribution < 1.29 is 29.0 Å². The van der Waals surface area contributed by atoms with Crippen LogP contribution < -0.4 is 9.80 Å². The second-order valence-electron chi connectivity index (χ2n) is 10.0. The van der Waals surface area contributed by atoms with Gasteiger partial charge in [-0.25, -0.2) is 4.79 Å². The van der Waals surface area contributed by atoms with Gasteiger partial charge in [-0.05, 0) is 30.2 Å². The summed E-state index contributed by atoms with van der Waals surface area (Å²) in [5, 5.41) is 9.57. The maximum Gasteiger partial charge on any atom is 0.414 e. The molecule has 9 heteroatoms. The molecule has 38 heavy (non-hydrogen) atoms. The van der Waals surface area contributed by atoms with Crippen molar-refractivity contribution in [1.82, 2.24) is 4.90 Å². The molecule has 2 aromatic rings. The Morgan fingerprint density at radius 2 is 2.03 bits per heavy atom. The van der Waals surface area contributed by atoms with Gasteiger partial charge in [-0.3, -0.25) is 14.5 Å². The standard InChI is InChI=1S/C29H33N3O6/c1-3-11-32-25-10-9-22(31-13-15-37-28(31)36)17-24(25)29(27(32)35)20(2)16-23(38-29)18-26(34)30(12-14-33)19-21-7-5-4-6-8-21/h3-10,17,20,23,33H,1,11-16,18-19H2,2H3/t20-,23-,29+/m1/s1. The van der Waals surface area contributed by atoms with E-state index in [4.69, 9.17) is 9.47 Å². The Morgan fingerprint density at radius 1 is 1.24 bits per heavy atom. The molecule has 0 radical (unpaired) electrons. The number of aliphatic hydroxyl groups is 1. The fourth-order valence-corrected chi connectivity index (χ4v) is 5.83. The smallest absolute Gasteiger partial charge is 0.414 e. The van der Waals surface area contributed by atoms with Crippen LogP contribution in [-0.4, -0.2) is 66.9 Å². The first-order chi connectivity index (χ1) is 18.4. The Labute approximate surface area is 222 Å². The van der Waals surface area contributed by atoms with Crippen molar-refractivity contribution in [2.24, 2.45) is 5.92 Å². The van der Waals surface area contributed by atoms with Gasteiger partial charge in [0.2, 0.25) is 5.91 Å². The van der Waals surface area contributed by atoms with E-state index in [1.165, 1.54) is 0 Å². The molecule has 0 aliphatic carbocycles. The first kappa shape index (κ1) is 25.9. The van der Waals surface area contributed by atoms with Crippen LogP contribution in [0.25, 0.3) is 0 Å². The van der Waals surface area contributed by atoms with Crippen LogP contribution in [0.4, 0.5) is 16.2 Å². The van der Waals surface area contributed by atoms with Gasteiger partial charge in [0.15, 0.2) is 5.60 Å². The summed E-state index contributed by atoms with van der Waals surface area (Å²) in [6.45, 7) is 7.30. The molecular weight excluding hydrogens is 486 g/mol. The maximum absolute atomic E-state index is 13.9. The molecular formula is C29H33N3O6. The predicted molar refractivity (Wildman–Crippen MR) is 142 cm³/mol. The van der Waals surface area contributed by atoms with Gasteiger partial charge in [-0.1, -0.05) is 43.3 Å². The lowest BCUT2D eigenvalue weighted by atomic mass is 9.82. The number of carbonyl (C=O) groups excluding carboxylic acids is 3. The highest BCUT2D eigenvalue weighted by Crippen LogP contribution is 2.54. The fourth-order valence-electron chi connectivity index (χ4n) is 5.83. The number of hydrogen-bond donors (Lipinski definition) is 1. The van der Waals surface area contributed by atoms with Crippen LogP contribution in [0.2, 0.25) is 0 Å².